The van der Waals surface area contributed by atoms with E-state index in [9.17, 15) is 0 Å². The van der Waals surface area contributed by atoms with Crippen molar-refractivity contribution in [3.63, 3.8) is 0 Å². The molecular formula is C9H12N4S. The predicted molar refractivity (Wildman–Crippen MR) is 59.6 cm³/mol. The van der Waals surface area contributed by atoms with Crippen molar-refractivity contribution >= 4 is 22.6 Å². The Labute approximate surface area is 87.3 Å². The van der Waals surface area contributed by atoms with E-state index in [1.807, 2.05) is 0 Å². The van der Waals surface area contributed by atoms with Gasteiger partial charge in [0.2, 0.25) is 0 Å². The zero-order valence-electron chi connectivity index (χ0n) is 7.97. The molecule has 0 aliphatic carbocycles. The van der Waals surface area contributed by atoms with Gasteiger partial charge in [-0.1, -0.05) is 11.8 Å². The predicted octanol–water partition coefficient (Wildman–Crippen LogP) is 1.77. The van der Waals surface area contributed by atoms with E-state index in [1.54, 1.807) is 24.2 Å². The molecule has 0 radical (unpaired) electrons. The number of nitrogens with zero attached hydrogens (tertiary/aromatic N) is 3. The Morgan fingerprint density at radius 3 is 2.93 bits per heavy atom. The number of anilines is 1. The maximum Gasteiger partial charge on any atom is 0.161 e. The van der Waals surface area contributed by atoms with Crippen molar-refractivity contribution in [2.24, 2.45) is 4.99 Å². The summed E-state index contributed by atoms with van der Waals surface area (Å²) < 4.78 is 0. The Bertz CT molecular complexity index is 325. The van der Waals surface area contributed by atoms with Gasteiger partial charge in [-0.2, -0.15) is 0 Å². The fraction of sp³-hybridized carbons (Fsp3) is 0.444. The lowest BCUT2D eigenvalue weighted by atomic mass is 10.3. The molecule has 1 aliphatic rings. The van der Waals surface area contributed by atoms with Gasteiger partial charge in [-0.25, -0.2) is 9.97 Å². The number of thioether (sulfide) groups is 1. The second kappa shape index (κ2) is 4.41. The summed E-state index contributed by atoms with van der Waals surface area (Å²) in [6.45, 7) is 2.13. The molecule has 0 saturated heterocycles. The summed E-state index contributed by atoms with van der Waals surface area (Å²) in [7, 11) is 0. The third kappa shape index (κ3) is 2.45. The summed E-state index contributed by atoms with van der Waals surface area (Å²) in [6.07, 6.45) is 6.16. The molecule has 1 unspecified atom stereocenters. The van der Waals surface area contributed by atoms with Crippen molar-refractivity contribution < 1.29 is 0 Å². The maximum atomic E-state index is 4.49. The summed E-state index contributed by atoms with van der Waals surface area (Å²) in [5, 5.41) is 4.17. The van der Waals surface area contributed by atoms with Crippen molar-refractivity contribution in [1.82, 2.24) is 9.97 Å². The van der Waals surface area contributed by atoms with Crippen molar-refractivity contribution in [1.29, 1.82) is 0 Å². The molecule has 4 nitrogen and oxygen atoms in total. The van der Waals surface area contributed by atoms with Crippen molar-refractivity contribution in [3.05, 3.63) is 18.7 Å². The van der Waals surface area contributed by atoms with E-state index < -0.39 is 0 Å². The van der Waals surface area contributed by atoms with Crippen LogP contribution in [0.2, 0.25) is 0 Å². The fourth-order valence-electron chi connectivity index (χ4n) is 1.18. The molecule has 0 amide bonds. The van der Waals surface area contributed by atoms with Crippen LogP contribution in [0.5, 0.6) is 0 Å². The summed E-state index contributed by atoms with van der Waals surface area (Å²) >= 11 is 1.75. The normalized spacial score (nSPS) is 21.5. The van der Waals surface area contributed by atoms with E-state index in [0.29, 0.717) is 6.04 Å². The van der Waals surface area contributed by atoms with Gasteiger partial charge in [0, 0.05) is 5.75 Å². The van der Waals surface area contributed by atoms with Crippen molar-refractivity contribution in [2.45, 2.75) is 19.4 Å². The quantitative estimate of drug-likeness (QED) is 0.764. The molecule has 2 heterocycles. The molecule has 74 valence electrons. The lowest BCUT2D eigenvalue weighted by Crippen LogP contribution is -2.18. The van der Waals surface area contributed by atoms with E-state index in [0.717, 1.165) is 23.0 Å². The largest absolute Gasteiger partial charge is 0.332 e. The first kappa shape index (κ1) is 9.45. The Balaban J connectivity index is 2.04. The third-order valence-corrected chi connectivity index (χ3v) is 2.84. The second-order valence-electron chi connectivity index (χ2n) is 3.17. The molecule has 0 saturated carbocycles. The van der Waals surface area contributed by atoms with Crippen LogP contribution in [0.3, 0.4) is 0 Å². The molecule has 0 fully saturated rings. The van der Waals surface area contributed by atoms with Crippen LogP contribution in [0.4, 0.5) is 5.69 Å². The molecule has 14 heavy (non-hydrogen) atoms. The first-order chi connectivity index (χ1) is 6.84. The minimum atomic E-state index is 0.420. The SMILES string of the molecule is CC1CCSC(Nc2cncnc2)=N1. The zero-order chi connectivity index (χ0) is 9.80. The van der Waals surface area contributed by atoms with E-state index in [2.05, 4.69) is 27.2 Å². The highest BCUT2D eigenvalue weighted by atomic mass is 32.2. The number of rotatable bonds is 1. The Hall–Kier alpha value is -1.10. The number of hydrogen-bond acceptors (Lipinski definition) is 5. The average molecular weight is 208 g/mol. The van der Waals surface area contributed by atoms with Crippen LogP contribution in [0, 0.1) is 0 Å². The van der Waals surface area contributed by atoms with E-state index >= 15 is 0 Å². The van der Waals surface area contributed by atoms with Gasteiger partial charge in [-0.3, -0.25) is 4.99 Å². The standard InChI is InChI=1S/C9H12N4S/c1-7-2-3-14-9(12-7)13-8-4-10-6-11-5-8/h4-7H,2-3H2,1H3,(H,12,13). The highest BCUT2D eigenvalue weighted by Gasteiger charge is 2.11. The topological polar surface area (TPSA) is 50.2 Å². The van der Waals surface area contributed by atoms with Crippen LogP contribution >= 0.6 is 11.8 Å². The summed E-state index contributed by atoms with van der Waals surface area (Å²) in [5.74, 6) is 1.13. The van der Waals surface area contributed by atoms with Gasteiger partial charge in [0.05, 0.1) is 24.1 Å². The average Bonchev–Trinajstić information content (AvgIpc) is 2.19. The highest BCUT2D eigenvalue weighted by Crippen LogP contribution is 2.18. The second-order valence-corrected chi connectivity index (χ2v) is 4.26. The summed E-state index contributed by atoms with van der Waals surface area (Å²) in [5.41, 5.74) is 0.896. The number of aliphatic imine (C=N–C) groups is 1. The van der Waals surface area contributed by atoms with Crippen LogP contribution in [0.15, 0.2) is 23.7 Å². The molecule has 1 aliphatic heterocycles. The van der Waals surface area contributed by atoms with Gasteiger partial charge in [0.1, 0.15) is 6.33 Å². The van der Waals surface area contributed by atoms with E-state index in [-0.39, 0.29) is 0 Å². The lowest BCUT2D eigenvalue weighted by Gasteiger charge is -2.17. The summed E-state index contributed by atoms with van der Waals surface area (Å²) in [6, 6.07) is 0.420. The molecule has 1 aromatic rings. The van der Waals surface area contributed by atoms with Gasteiger partial charge in [0.25, 0.3) is 0 Å². The van der Waals surface area contributed by atoms with Crippen molar-refractivity contribution in [3.8, 4) is 0 Å². The number of hydrogen-bond donors (Lipinski definition) is 1. The molecule has 1 atom stereocenters. The zero-order valence-corrected chi connectivity index (χ0v) is 8.79. The molecule has 1 aromatic heterocycles. The molecule has 0 bridgehead atoms. The monoisotopic (exact) mass is 208 g/mol. The smallest absolute Gasteiger partial charge is 0.161 e. The van der Waals surface area contributed by atoms with Crippen LogP contribution in [-0.4, -0.2) is 26.9 Å². The third-order valence-electron chi connectivity index (χ3n) is 1.92. The van der Waals surface area contributed by atoms with Crippen LogP contribution < -0.4 is 5.32 Å². The minimum absolute atomic E-state index is 0.420. The van der Waals surface area contributed by atoms with Gasteiger partial charge in [-0.05, 0) is 13.3 Å². The van der Waals surface area contributed by atoms with E-state index in [1.165, 1.54) is 6.33 Å². The molecule has 0 spiro atoms. The molecule has 2 rings (SSSR count). The van der Waals surface area contributed by atoms with Crippen LogP contribution in [0.25, 0.3) is 0 Å². The Morgan fingerprint density at radius 1 is 1.43 bits per heavy atom. The Morgan fingerprint density at radius 2 is 2.21 bits per heavy atom. The molecule has 1 N–H and O–H groups in total. The number of nitrogens with one attached hydrogen (secondary N) is 1. The molecule has 0 aromatic carbocycles. The Kier molecular flexibility index (Phi) is 2.98. The minimum Gasteiger partial charge on any atom is -0.332 e. The summed E-state index contributed by atoms with van der Waals surface area (Å²) in [4.78, 5) is 12.4. The number of amidine groups is 1. The van der Waals surface area contributed by atoms with Gasteiger partial charge in [0.15, 0.2) is 5.17 Å². The van der Waals surface area contributed by atoms with Crippen molar-refractivity contribution in [2.75, 3.05) is 11.1 Å². The van der Waals surface area contributed by atoms with Crippen LogP contribution in [-0.2, 0) is 0 Å². The van der Waals surface area contributed by atoms with Gasteiger partial charge in [-0.15, -0.1) is 0 Å². The fourth-order valence-corrected chi connectivity index (χ4v) is 2.28. The van der Waals surface area contributed by atoms with E-state index in [4.69, 9.17) is 0 Å². The maximum absolute atomic E-state index is 4.49. The molecular weight excluding hydrogens is 196 g/mol. The van der Waals surface area contributed by atoms with Gasteiger partial charge < -0.3 is 5.32 Å². The van der Waals surface area contributed by atoms with Crippen LogP contribution in [0.1, 0.15) is 13.3 Å². The van der Waals surface area contributed by atoms with Gasteiger partial charge >= 0.3 is 0 Å². The number of aromatic nitrogens is 2. The first-order valence-corrected chi connectivity index (χ1v) is 5.56. The lowest BCUT2D eigenvalue weighted by molar-refractivity contribution is 0.720. The first-order valence-electron chi connectivity index (χ1n) is 4.57. The molecule has 5 heteroatoms. The highest BCUT2D eigenvalue weighted by molar-refractivity contribution is 8.14.